The smallest absolute Gasteiger partial charge is 0.276 e. The van der Waals surface area contributed by atoms with Crippen LogP contribution in [0.25, 0.3) is 0 Å². The van der Waals surface area contributed by atoms with Gasteiger partial charge in [0.15, 0.2) is 0 Å². The Kier molecular flexibility index (Phi) is 7.71. The van der Waals surface area contributed by atoms with Crippen LogP contribution in [-0.4, -0.2) is 35.7 Å². The molecule has 0 bridgehead atoms. The van der Waals surface area contributed by atoms with E-state index in [0.29, 0.717) is 29.1 Å². The lowest BCUT2D eigenvalue weighted by Crippen LogP contribution is -2.45. The zero-order valence-corrected chi connectivity index (χ0v) is 18.6. The van der Waals surface area contributed by atoms with E-state index < -0.39 is 20.4 Å². The predicted molar refractivity (Wildman–Crippen MR) is 114 cm³/mol. The van der Waals surface area contributed by atoms with Crippen molar-refractivity contribution in [3.8, 4) is 0 Å². The summed E-state index contributed by atoms with van der Waals surface area (Å²) >= 11 is 0. The van der Waals surface area contributed by atoms with Crippen molar-refractivity contribution in [1.29, 1.82) is 0 Å². The highest BCUT2D eigenvalue weighted by Gasteiger charge is 2.52. The van der Waals surface area contributed by atoms with Crippen LogP contribution in [0.15, 0.2) is 0 Å². The summed E-state index contributed by atoms with van der Waals surface area (Å²) in [6, 6.07) is 0. The molecule has 0 aliphatic heterocycles. The molecule has 3 aliphatic rings. The molecule has 1 unspecified atom stereocenters. The average Bonchev–Trinajstić information content (AvgIpc) is 2.68. The van der Waals surface area contributed by atoms with Crippen LogP contribution < -0.4 is 0 Å². The molecule has 3 rings (SSSR count). The van der Waals surface area contributed by atoms with Gasteiger partial charge in [-0.1, -0.05) is 51.9 Å². The molecule has 0 aromatic heterocycles. The van der Waals surface area contributed by atoms with E-state index in [2.05, 4.69) is 0 Å². The molecule has 4 nitrogen and oxygen atoms in total. The van der Waals surface area contributed by atoms with Gasteiger partial charge in [0.25, 0.3) is 10.1 Å². The average molecular weight is 419 g/mol. The Bertz CT molecular complexity index is 571. The number of hydrogen-bond donors (Lipinski definition) is 0. The minimum absolute atomic E-state index is 0.0854. The van der Waals surface area contributed by atoms with Gasteiger partial charge in [-0.2, -0.15) is 8.42 Å². The van der Waals surface area contributed by atoms with Gasteiger partial charge >= 0.3 is 0 Å². The molecule has 158 valence electrons. The lowest BCUT2D eigenvalue weighted by Gasteiger charge is -2.56. The van der Waals surface area contributed by atoms with Gasteiger partial charge < -0.3 is 0 Å². The predicted octanol–water partition coefficient (Wildman–Crippen LogP) is 5.64. The quantitative estimate of drug-likeness (QED) is 0.537. The third-order valence-corrected chi connectivity index (χ3v) is 13.9. The number of ketones is 1. The SMILES string of the molecule is CCCS(=O)(=O)OS(C1CCCCC1)(C1CCCCC1)C1CCCCC1=O. The first-order valence-corrected chi connectivity index (χ1v) is 14.6. The maximum Gasteiger partial charge on any atom is 0.276 e. The normalized spacial score (nSPS) is 27.6. The standard InChI is InChI=1S/C21H38O4S2/c1-2-17-26(23,24)25-27(18-11-5-3-6-12-18,19-13-7-4-8-14-19)21-16-10-9-15-20(21)22/h18-19,21H,2-17H2,1H3. The molecule has 6 heteroatoms. The topological polar surface area (TPSA) is 60.4 Å². The van der Waals surface area contributed by atoms with Crippen LogP contribution in [-0.2, 0) is 18.5 Å². The van der Waals surface area contributed by atoms with Crippen LogP contribution in [0, 0.1) is 0 Å². The van der Waals surface area contributed by atoms with Crippen molar-refractivity contribution in [1.82, 2.24) is 0 Å². The molecule has 3 fully saturated rings. The summed E-state index contributed by atoms with van der Waals surface area (Å²) in [7, 11) is -5.54. The summed E-state index contributed by atoms with van der Waals surface area (Å²) in [4.78, 5) is 13.1. The number of carbonyl (C=O) groups excluding carboxylic acids is 1. The first-order valence-electron chi connectivity index (χ1n) is 11.3. The van der Waals surface area contributed by atoms with E-state index >= 15 is 0 Å². The third kappa shape index (κ3) is 4.92. The van der Waals surface area contributed by atoms with E-state index in [-0.39, 0.29) is 11.0 Å². The summed E-state index contributed by atoms with van der Waals surface area (Å²) in [6.07, 6.45) is 15.4. The molecule has 0 amide bonds. The van der Waals surface area contributed by atoms with Gasteiger partial charge in [-0.25, -0.2) is 3.63 Å². The van der Waals surface area contributed by atoms with Crippen LogP contribution in [0.4, 0.5) is 0 Å². The van der Waals surface area contributed by atoms with E-state index in [1.54, 1.807) is 0 Å². The zero-order chi connectivity index (χ0) is 19.3. The molecule has 0 aromatic rings. The molecule has 0 aromatic carbocycles. The molecular weight excluding hydrogens is 380 g/mol. The summed E-state index contributed by atoms with van der Waals surface area (Å²) < 4.78 is 32.3. The molecule has 0 spiro atoms. The van der Waals surface area contributed by atoms with Crippen LogP contribution in [0.5, 0.6) is 0 Å². The maximum atomic E-state index is 13.1. The monoisotopic (exact) mass is 418 g/mol. The lowest BCUT2D eigenvalue weighted by molar-refractivity contribution is -0.119. The highest BCUT2D eigenvalue weighted by Crippen LogP contribution is 2.69. The van der Waals surface area contributed by atoms with Crippen molar-refractivity contribution < 1.29 is 16.8 Å². The van der Waals surface area contributed by atoms with Crippen molar-refractivity contribution >= 4 is 26.2 Å². The van der Waals surface area contributed by atoms with Crippen molar-refractivity contribution in [2.75, 3.05) is 5.75 Å². The molecule has 0 radical (unpaired) electrons. The summed E-state index contributed by atoms with van der Waals surface area (Å²) in [5, 5.41) is 0.463. The van der Waals surface area contributed by atoms with Crippen LogP contribution in [0.3, 0.4) is 0 Å². The second-order valence-corrected chi connectivity index (χ2v) is 14.1. The Morgan fingerprint density at radius 2 is 1.33 bits per heavy atom. The van der Waals surface area contributed by atoms with Gasteiger partial charge in [0, 0.05) is 16.9 Å². The Morgan fingerprint density at radius 1 is 0.815 bits per heavy atom. The maximum absolute atomic E-state index is 13.1. The van der Waals surface area contributed by atoms with Gasteiger partial charge in [0.2, 0.25) is 0 Å². The van der Waals surface area contributed by atoms with Crippen molar-refractivity contribution in [3.63, 3.8) is 0 Å². The molecular formula is C21H38O4S2. The first-order chi connectivity index (χ1) is 13.0. The zero-order valence-electron chi connectivity index (χ0n) is 17.0. The molecule has 0 saturated heterocycles. The number of rotatable bonds is 7. The summed E-state index contributed by atoms with van der Waals surface area (Å²) in [5.74, 6) is 0.390. The van der Waals surface area contributed by atoms with Gasteiger partial charge in [0.1, 0.15) is 5.78 Å². The molecule has 3 saturated carbocycles. The molecule has 1 atom stereocenters. The van der Waals surface area contributed by atoms with Gasteiger partial charge in [-0.3, -0.25) is 4.79 Å². The Hall–Kier alpha value is -0.0700. The van der Waals surface area contributed by atoms with E-state index in [9.17, 15) is 13.2 Å². The van der Waals surface area contributed by atoms with Crippen molar-refractivity contribution in [3.05, 3.63) is 0 Å². The Labute approximate surface area is 167 Å². The van der Waals surface area contributed by atoms with E-state index in [1.807, 2.05) is 6.92 Å². The van der Waals surface area contributed by atoms with Gasteiger partial charge in [-0.15, -0.1) is 10.3 Å². The first kappa shape index (κ1) is 21.6. The second-order valence-electron chi connectivity index (χ2n) is 8.75. The Balaban J connectivity index is 2.05. The minimum atomic E-state index is -3.58. The van der Waals surface area contributed by atoms with E-state index in [1.165, 1.54) is 12.8 Å². The fraction of sp³-hybridized carbons (Fsp3) is 0.952. The van der Waals surface area contributed by atoms with Gasteiger partial charge in [-0.05, 0) is 44.9 Å². The molecule has 3 aliphatic carbocycles. The fourth-order valence-electron chi connectivity index (χ4n) is 5.57. The van der Waals surface area contributed by atoms with E-state index in [4.69, 9.17) is 3.63 Å². The fourth-order valence-corrected chi connectivity index (χ4v) is 13.7. The summed E-state index contributed by atoms with van der Waals surface area (Å²) in [6.45, 7) is 1.89. The molecule has 27 heavy (non-hydrogen) atoms. The summed E-state index contributed by atoms with van der Waals surface area (Å²) in [5.41, 5.74) is 0. The molecule has 0 heterocycles. The number of carbonyl (C=O) groups is 1. The van der Waals surface area contributed by atoms with E-state index in [0.717, 1.165) is 70.6 Å². The van der Waals surface area contributed by atoms with Gasteiger partial charge in [0.05, 0.1) is 11.0 Å². The Morgan fingerprint density at radius 3 is 1.81 bits per heavy atom. The third-order valence-electron chi connectivity index (χ3n) is 6.77. The second kappa shape index (κ2) is 9.62. The largest absolute Gasteiger partial charge is 0.298 e. The lowest BCUT2D eigenvalue weighted by atomic mass is 9.98. The van der Waals surface area contributed by atoms with Crippen molar-refractivity contribution in [2.45, 2.75) is 119 Å². The minimum Gasteiger partial charge on any atom is -0.298 e. The highest BCUT2D eigenvalue weighted by molar-refractivity contribution is 8.34. The van der Waals surface area contributed by atoms with Crippen LogP contribution in [0.1, 0.15) is 103 Å². The highest BCUT2D eigenvalue weighted by atomic mass is 32.3. The number of Topliss-reactive ketones (excluding diaryl/α,β-unsaturated/α-hetero) is 1. The number of hydrogen-bond acceptors (Lipinski definition) is 4. The molecule has 0 N–H and O–H groups in total. The van der Waals surface area contributed by atoms with Crippen LogP contribution >= 0.6 is 10.3 Å². The van der Waals surface area contributed by atoms with Crippen molar-refractivity contribution in [2.24, 2.45) is 0 Å². The van der Waals surface area contributed by atoms with Crippen LogP contribution in [0.2, 0.25) is 0 Å².